The fourth-order valence-electron chi connectivity index (χ4n) is 2.54. The molecule has 0 heterocycles. The van der Waals surface area contributed by atoms with Gasteiger partial charge < -0.3 is 15.0 Å². The lowest BCUT2D eigenvalue weighted by molar-refractivity contribution is -0.885. The maximum absolute atomic E-state index is 13.9. The molecule has 0 aliphatic heterocycles. The number of halogens is 2. The summed E-state index contributed by atoms with van der Waals surface area (Å²) in [5, 5.41) is 3.12. The Morgan fingerprint density at radius 1 is 1.27 bits per heavy atom. The molecule has 1 amide bonds. The third-order valence-corrected chi connectivity index (χ3v) is 4.29. The number of aryl methyl sites for hydroxylation is 1. The van der Waals surface area contributed by atoms with Gasteiger partial charge in [-0.3, -0.25) is 4.79 Å². The Kier molecular flexibility index (Phi) is 6.71. The van der Waals surface area contributed by atoms with E-state index in [0.717, 1.165) is 10.5 Å². The van der Waals surface area contributed by atoms with Crippen LogP contribution in [0.15, 0.2) is 36.4 Å². The van der Waals surface area contributed by atoms with Crippen molar-refractivity contribution in [2.45, 2.75) is 13.5 Å². The van der Waals surface area contributed by atoms with Crippen molar-refractivity contribution < 1.29 is 23.6 Å². The minimum absolute atomic E-state index is 0.118. The van der Waals surface area contributed by atoms with Gasteiger partial charge in [-0.25, -0.2) is 9.18 Å². The number of nitrogens with one attached hydrogen (secondary N) is 2. The van der Waals surface area contributed by atoms with Crippen molar-refractivity contribution in [2.75, 3.05) is 26.0 Å². The highest BCUT2D eigenvalue weighted by atomic mass is 35.5. The molecule has 7 heteroatoms. The highest BCUT2D eigenvalue weighted by molar-refractivity contribution is 6.31. The zero-order valence-corrected chi connectivity index (χ0v) is 15.6. The predicted octanol–water partition coefficient (Wildman–Crippen LogP) is 2.23. The molecule has 0 bridgehead atoms. The van der Waals surface area contributed by atoms with E-state index in [0.29, 0.717) is 21.8 Å². The molecular weight excluding hydrogens is 359 g/mol. The van der Waals surface area contributed by atoms with E-state index in [4.69, 9.17) is 11.6 Å². The molecule has 138 valence electrons. The molecular formula is C19H21ClFN2O3+. The van der Waals surface area contributed by atoms with E-state index < -0.39 is 5.97 Å². The number of ether oxygens (including phenoxy) is 1. The van der Waals surface area contributed by atoms with Gasteiger partial charge >= 0.3 is 5.97 Å². The molecule has 0 aliphatic rings. The van der Waals surface area contributed by atoms with Crippen molar-refractivity contribution in [2.24, 2.45) is 0 Å². The lowest BCUT2D eigenvalue weighted by Crippen LogP contribution is -3.08. The van der Waals surface area contributed by atoms with E-state index >= 15 is 0 Å². The molecule has 2 aromatic carbocycles. The quantitative estimate of drug-likeness (QED) is 0.757. The van der Waals surface area contributed by atoms with E-state index in [1.165, 1.54) is 13.2 Å². The number of esters is 1. The van der Waals surface area contributed by atoms with Crippen LogP contribution in [0.2, 0.25) is 5.02 Å². The number of anilines is 1. The highest BCUT2D eigenvalue weighted by Crippen LogP contribution is 2.18. The molecule has 26 heavy (non-hydrogen) atoms. The van der Waals surface area contributed by atoms with Crippen molar-refractivity contribution in [3.63, 3.8) is 0 Å². The van der Waals surface area contributed by atoms with Crippen LogP contribution in [-0.4, -0.2) is 32.6 Å². The average molecular weight is 380 g/mol. The molecule has 2 rings (SSSR count). The van der Waals surface area contributed by atoms with E-state index in [-0.39, 0.29) is 24.8 Å². The highest BCUT2D eigenvalue weighted by Gasteiger charge is 2.17. The first-order valence-corrected chi connectivity index (χ1v) is 8.42. The van der Waals surface area contributed by atoms with E-state index in [1.54, 1.807) is 37.4 Å². The Morgan fingerprint density at radius 2 is 2.00 bits per heavy atom. The van der Waals surface area contributed by atoms with Gasteiger partial charge in [0.15, 0.2) is 6.54 Å². The van der Waals surface area contributed by atoms with Crippen LogP contribution in [0.4, 0.5) is 10.1 Å². The predicted molar refractivity (Wildman–Crippen MR) is 98.0 cm³/mol. The van der Waals surface area contributed by atoms with Gasteiger partial charge in [0.25, 0.3) is 5.91 Å². The maximum Gasteiger partial charge on any atom is 0.337 e. The summed E-state index contributed by atoms with van der Waals surface area (Å²) in [5.74, 6) is -1.11. The lowest BCUT2D eigenvalue weighted by atomic mass is 10.1. The number of quaternary nitrogens is 1. The van der Waals surface area contributed by atoms with E-state index in [9.17, 15) is 14.0 Å². The van der Waals surface area contributed by atoms with Crippen molar-refractivity contribution >= 4 is 29.2 Å². The van der Waals surface area contributed by atoms with Gasteiger partial charge in [0.2, 0.25) is 0 Å². The number of methoxy groups -OCH3 is 1. The van der Waals surface area contributed by atoms with Crippen LogP contribution in [0.25, 0.3) is 0 Å². The van der Waals surface area contributed by atoms with Crippen molar-refractivity contribution in [3.05, 3.63) is 63.9 Å². The average Bonchev–Trinajstić information content (AvgIpc) is 2.59. The molecule has 0 radical (unpaired) electrons. The summed E-state index contributed by atoms with van der Waals surface area (Å²) >= 11 is 6.02. The smallest absolute Gasteiger partial charge is 0.337 e. The minimum Gasteiger partial charge on any atom is -0.465 e. The second kappa shape index (κ2) is 8.78. The fraction of sp³-hybridized carbons (Fsp3) is 0.263. The Hall–Kier alpha value is -2.44. The Balaban J connectivity index is 2.03. The largest absolute Gasteiger partial charge is 0.465 e. The number of likely N-dealkylation sites (N-methyl/N-ethyl adjacent to an activating group) is 1. The summed E-state index contributed by atoms with van der Waals surface area (Å²) < 4.78 is 18.5. The molecule has 1 atom stereocenters. The molecule has 0 aromatic heterocycles. The molecule has 2 aromatic rings. The van der Waals surface area contributed by atoms with Gasteiger partial charge in [-0.15, -0.1) is 0 Å². The summed E-state index contributed by atoms with van der Waals surface area (Å²) in [4.78, 5) is 24.7. The Morgan fingerprint density at radius 3 is 2.65 bits per heavy atom. The molecule has 0 saturated carbocycles. The summed E-state index contributed by atoms with van der Waals surface area (Å²) in [6.07, 6.45) is 0. The van der Waals surface area contributed by atoms with E-state index in [2.05, 4.69) is 10.1 Å². The fourth-order valence-corrected chi connectivity index (χ4v) is 2.77. The van der Waals surface area contributed by atoms with Crippen LogP contribution in [0.5, 0.6) is 0 Å². The van der Waals surface area contributed by atoms with Crippen LogP contribution < -0.4 is 10.2 Å². The van der Waals surface area contributed by atoms with Gasteiger partial charge in [0, 0.05) is 5.69 Å². The standard InChI is InChI=1S/C19H20ClFN2O3/c1-12-7-8-13(19(25)26-3)9-17(12)22-18(24)11-23(2)10-14-15(20)5-4-6-16(14)21/h4-9H,10-11H2,1-3H3,(H,22,24)/p+1. The minimum atomic E-state index is -0.475. The molecule has 0 saturated heterocycles. The first kappa shape index (κ1) is 19.9. The van der Waals surface area contributed by atoms with E-state index in [1.807, 2.05) is 6.92 Å². The number of carbonyl (C=O) groups is 2. The van der Waals surface area contributed by atoms with Crippen molar-refractivity contribution in [1.29, 1.82) is 0 Å². The zero-order valence-electron chi connectivity index (χ0n) is 14.9. The second-order valence-corrected chi connectivity index (χ2v) is 6.49. The molecule has 1 unspecified atom stereocenters. The lowest BCUT2D eigenvalue weighted by Gasteiger charge is -2.16. The van der Waals surface area contributed by atoms with Crippen LogP contribution >= 0.6 is 11.6 Å². The number of amides is 1. The van der Waals surface area contributed by atoms with Gasteiger partial charge in [-0.05, 0) is 36.8 Å². The molecule has 0 fully saturated rings. The summed E-state index contributed by atoms with van der Waals surface area (Å²) in [5.41, 5.74) is 2.09. The molecule has 5 nitrogen and oxygen atoms in total. The third kappa shape index (κ3) is 5.03. The number of benzene rings is 2. The first-order chi connectivity index (χ1) is 12.3. The summed E-state index contributed by atoms with van der Waals surface area (Å²) in [6.45, 7) is 2.22. The van der Waals surface area contributed by atoms with Crippen LogP contribution in [0.1, 0.15) is 21.5 Å². The Labute approximate surface area is 156 Å². The van der Waals surface area contributed by atoms with Crippen LogP contribution in [0, 0.1) is 12.7 Å². The SMILES string of the molecule is COC(=O)c1ccc(C)c(NC(=O)C[NH+](C)Cc2c(F)cccc2Cl)c1. The molecule has 0 spiro atoms. The van der Waals surface area contributed by atoms with Gasteiger partial charge in [0.05, 0.1) is 30.3 Å². The number of carbonyl (C=O) groups excluding carboxylic acids is 2. The Bertz CT molecular complexity index is 806. The second-order valence-electron chi connectivity index (χ2n) is 6.08. The monoisotopic (exact) mass is 379 g/mol. The number of hydrogen-bond donors (Lipinski definition) is 2. The third-order valence-electron chi connectivity index (χ3n) is 3.94. The topological polar surface area (TPSA) is 59.8 Å². The first-order valence-electron chi connectivity index (χ1n) is 8.04. The van der Waals surface area contributed by atoms with Crippen molar-refractivity contribution in [3.8, 4) is 0 Å². The number of rotatable bonds is 6. The number of hydrogen-bond acceptors (Lipinski definition) is 3. The molecule has 2 N–H and O–H groups in total. The van der Waals surface area contributed by atoms with Gasteiger partial charge in [-0.1, -0.05) is 23.7 Å². The summed E-state index contributed by atoms with van der Waals surface area (Å²) in [7, 11) is 3.08. The maximum atomic E-state index is 13.9. The van der Waals surface area contributed by atoms with Crippen molar-refractivity contribution in [1.82, 2.24) is 0 Å². The van der Waals surface area contributed by atoms with Gasteiger partial charge in [0.1, 0.15) is 12.4 Å². The molecule has 0 aliphatic carbocycles. The van der Waals surface area contributed by atoms with Gasteiger partial charge in [-0.2, -0.15) is 0 Å². The normalized spacial score (nSPS) is 11.7. The van der Waals surface area contributed by atoms with Crippen LogP contribution in [-0.2, 0) is 16.1 Å². The summed E-state index contributed by atoms with van der Waals surface area (Å²) in [6, 6.07) is 9.44. The zero-order chi connectivity index (χ0) is 19.3. The van der Waals surface area contributed by atoms with Crippen LogP contribution in [0.3, 0.4) is 0 Å².